The van der Waals surface area contributed by atoms with Crippen molar-refractivity contribution < 1.29 is 28.9 Å². The van der Waals surface area contributed by atoms with E-state index in [0.717, 1.165) is 50.6 Å². The molecule has 1 heterocycles. The van der Waals surface area contributed by atoms with Gasteiger partial charge in [0.05, 0.1) is 18.8 Å². The highest BCUT2D eigenvalue weighted by Crippen LogP contribution is 2.38. The smallest absolute Gasteiger partial charge is 0.407 e. The molecule has 8 nitrogen and oxygen atoms in total. The number of para-hydroxylation sites is 1. The summed E-state index contributed by atoms with van der Waals surface area (Å²) in [5, 5.41) is 15.7. The molecular formula is C26H40N2O6. The van der Waals surface area contributed by atoms with E-state index in [0.29, 0.717) is 18.3 Å². The van der Waals surface area contributed by atoms with Gasteiger partial charge < -0.3 is 30.0 Å². The quantitative estimate of drug-likeness (QED) is 0.516. The second-order valence-electron chi connectivity index (χ2n) is 10.4. The first-order chi connectivity index (χ1) is 16.1. The lowest BCUT2D eigenvalue weighted by molar-refractivity contribution is -0.144. The fourth-order valence-corrected chi connectivity index (χ4v) is 4.71. The Labute approximate surface area is 202 Å². The minimum Gasteiger partial charge on any atom is -0.479 e. The van der Waals surface area contributed by atoms with Crippen LogP contribution in [0.5, 0.6) is 5.75 Å². The number of hydrogen-bond donors (Lipinski definition) is 3. The van der Waals surface area contributed by atoms with E-state index in [1.54, 1.807) is 6.92 Å². The summed E-state index contributed by atoms with van der Waals surface area (Å²) in [6.45, 7) is 8.60. The van der Waals surface area contributed by atoms with Crippen molar-refractivity contribution in [1.29, 1.82) is 0 Å². The van der Waals surface area contributed by atoms with Crippen LogP contribution in [-0.2, 0) is 14.3 Å². The Morgan fingerprint density at radius 3 is 2.53 bits per heavy atom. The van der Waals surface area contributed by atoms with Crippen LogP contribution < -0.4 is 15.4 Å². The zero-order valence-electron chi connectivity index (χ0n) is 20.8. The number of carboxylic acid groups (broad SMARTS) is 1. The molecule has 8 heteroatoms. The second-order valence-corrected chi connectivity index (χ2v) is 10.4. The Bertz CT molecular complexity index is 816. The number of carbonyl (C=O) groups is 2. The predicted octanol–water partition coefficient (Wildman–Crippen LogP) is 4.23. The molecule has 2 aliphatic rings. The van der Waals surface area contributed by atoms with Crippen LogP contribution in [0, 0.1) is 0 Å². The molecule has 0 radical (unpaired) electrons. The fourth-order valence-electron chi connectivity index (χ4n) is 4.71. The van der Waals surface area contributed by atoms with Gasteiger partial charge in [-0.25, -0.2) is 9.59 Å². The van der Waals surface area contributed by atoms with Gasteiger partial charge in [-0.05, 0) is 90.3 Å². The predicted molar refractivity (Wildman–Crippen MR) is 129 cm³/mol. The molecule has 0 aromatic heterocycles. The Hall–Kier alpha value is -2.32. The van der Waals surface area contributed by atoms with E-state index in [1.165, 1.54) is 0 Å². The summed E-state index contributed by atoms with van der Waals surface area (Å²) in [5.41, 5.74) is 0.552. The van der Waals surface area contributed by atoms with E-state index in [9.17, 15) is 14.7 Å². The summed E-state index contributed by atoms with van der Waals surface area (Å²) in [4.78, 5) is 23.4. The number of carboxylic acids is 1. The van der Waals surface area contributed by atoms with Crippen molar-refractivity contribution in [2.75, 3.05) is 13.2 Å². The van der Waals surface area contributed by atoms with Crippen molar-refractivity contribution in [3.05, 3.63) is 29.8 Å². The van der Waals surface area contributed by atoms with Crippen LogP contribution in [-0.4, -0.2) is 60.2 Å². The van der Waals surface area contributed by atoms with Gasteiger partial charge in [-0.3, -0.25) is 0 Å². The van der Waals surface area contributed by atoms with Gasteiger partial charge in [0.15, 0.2) is 6.10 Å². The molecule has 1 aromatic carbocycles. The summed E-state index contributed by atoms with van der Waals surface area (Å²) >= 11 is 0. The van der Waals surface area contributed by atoms with Gasteiger partial charge in [0.1, 0.15) is 11.4 Å². The summed E-state index contributed by atoms with van der Waals surface area (Å²) in [7, 11) is 0. The maximum atomic E-state index is 12.2. The Morgan fingerprint density at radius 1 is 1.15 bits per heavy atom. The maximum Gasteiger partial charge on any atom is 0.407 e. The standard InChI is InChI=1S/C26H40N2O6/c1-17(24(29)30)33-23-10-6-5-8-20(23)18-11-13-19(14-12-18)32-16-22-21(9-7-15-27-22)28-25(31)34-26(2,3)4/h5-6,8,10,17-19,21-22,27H,7,9,11-16H2,1-4H3,(H,28,31)(H,29,30)/t17-,18-,19+,21?,22?/m1/s1. The van der Waals surface area contributed by atoms with Crippen LogP contribution in [0.15, 0.2) is 24.3 Å². The number of benzene rings is 1. The van der Waals surface area contributed by atoms with Crippen LogP contribution in [0.1, 0.15) is 77.7 Å². The summed E-state index contributed by atoms with van der Waals surface area (Å²) in [6, 6.07) is 7.79. The molecule has 3 atom stereocenters. The van der Waals surface area contributed by atoms with Gasteiger partial charge in [0.2, 0.25) is 0 Å². The third-order valence-electron chi connectivity index (χ3n) is 6.48. The van der Waals surface area contributed by atoms with Gasteiger partial charge in [-0.1, -0.05) is 18.2 Å². The van der Waals surface area contributed by atoms with Crippen LogP contribution >= 0.6 is 0 Å². The number of alkyl carbamates (subject to hydrolysis) is 1. The van der Waals surface area contributed by atoms with Gasteiger partial charge in [-0.15, -0.1) is 0 Å². The Balaban J connectivity index is 1.49. The molecule has 1 saturated heterocycles. The van der Waals surface area contributed by atoms with E-state index in [-0.39, 0.29) is 24.3 Å². The highest BCUT2D eigenvalue weighted by molar-refractivity contribution is 5.72. The molecule has 0 spiro atoms. The van der Waals surface area contributed by atoms with Crippen molar-refractivity contribution in [2.45, 2.75) is 102 Å². The van der Waals surface area contributed by atoms with E-state index >= 15 is 0 Å². The maximum absolute atomic E-state index is 12.2. The number of carbonyl (C=O) groups excluding carboxylic acids is 1. The average Bonchev–Trinajstić information content (AvgIpc) is 2.78. The van der Waals surface area contributed by atoms with E-state index in [1.807, 2.05) is 45.0 Å². The molecule has 1 aliphatic heterocycles. The fraction of sp³-hybridized carbons (Fsp3) is 0.692. The largest absolute Gasteiger partial charge is 0.479 e. The van der Waals surface area contributed by atoms with Crippen LogP contribution in [0.3, 0.4) is 0 Å². The molecule has 34 heavy (non-hydrogen) atoms. The number of piperidine rings is 1. The topological polar surface area (TPSA) is 106 Å². The first kappa shape index (κ1) is 26.3. The molecule has 1 aromatic rings. The lowest BCUT2D eigenvalue weighted by Crippen LogP contribution is -2.56. The average molecular weight is 477 g/mol. The van der Waals surface area contributed by atoms with Gasteiger partial charge in [-0.2, -0.15) is 0 Å². The van der Waals surface area contributed by atoms with Gasteiger partial charge in [0.25, 0.3) is 0 Å². The number of rotatable bonds is 8. The number of aliphatic carboxylic acids is 1. The number of hydrogen-bond acceptors (Lipinski definition) is 6. The van der Waals surface area contributed by atoms with E-state index < -0.39 is 17.7 Å². The molecule has 190 valence electrons. The van der Waals surface area contributed by atoms with Gasteiger partial charge in [0, 0.05) is 6.04 Å². The lowest BCUT2D eigenvalue weighted by Gasteiger charge is -2.36. The molecular weight excluding hydrogens is 436 g/mol. The monoisotopic (exact) mass is 476 g/mol. The molecule has 3 rings (SSSR count). The molecule has 1 saturated carbocycles. The van der Waals surface area contributed by atoms with Crippen molar-refractivity contribution in [1.82, 2.24) is 10.6 Å². The highest BCUT2D eigenvalue weighted by atomic mass is 16.6. The van der Waals surface area contributed by atoms with E-state index in [4.69, 9.17) is 14.2 Å². The van der Waals surface area contributed by atoms with Crippen LogP contribution in [0.4, 0.5) is 4.79 Å². The number of nitrogens with one attached hydrogen (secondary N) is 2. The molecule has 1 aliphatic carbocycles. The van der Waals surface area contributed by atoms with Crippen molar-refractivity contribution in [3.8, 4) is 5.75 Å². The number of ether oxygens (including phenoxy) is 3. The zero-order chi connectivity index (χ0) is 24.7. The third kappa shape index (κ3) is 7.87. The molecule has 0 bridgehead atoms. The first-order valence-corrected chi connectivity index (χ1v) is 12.5. The SMILES string of the molecule is C[C@@H](Oc1ccccc1[C@H]1CC[C@@H](OCC2NCCCC2NC(=O)OC(C)(C)C)CC1)C(=O)O. The van der Waals surface area contributed by atoms with Crippen molar-refractivity contribution in [3.63, 3.8) is 0 Å². The first-order valence-electron chi connectivity index (χ1n) is 12.5. The Morgan fingerprint density at radius 2 is 1.85 bits per heavy atom. The van der Waals surface area contributed by atoms with Crippen LogP contribution in [0.25, 0.3) is 0 Å². The van der Waals surface area contributed by atoms with E-state index in [2.05, 4.69) is 10.6 Å². The van der Waals surface area contributed by atoms with Crippen LogP contribution in [0.2, 0.25) is 0 Å². The third-order valence-corrected chi connectivity index (χ3v) is 6.48. The normalized spacial score (nSPS) is 26.4. The summed E-state index contributed by atoms with van der Waals surface area (Å²) in [6.07, 6.45) is 4.61. The highest BCUT2D eigenvalue weighted by Gasteiger charge is 2.31. The lowest BCUT2D eigenvalue weighted by atomic mass is 9.82. The minimum atomic E-state index is -0.970. The molecule has 1 amide bonds. The zero-order valence-corrected chi connectivity index (χ0v) is 20.8. The number of amides is 1. The van der Waals surface area contributed by atoms with Crippen molar-refractivity contribution >= 4 is 12.1 Å². The summed E-state index contributed by atoms with van der Waals surface area (Å²) in [5.74, 6) is 0.0124. The second kappa shape index (κ2) is 11.9. The molecule has 2 fully saturated rings. The Kier molecular flexibility index (Phi) is 9.19. The minimum absolute atomic E-state index is 0.0137. The van der Waals surface area contributed by atoms with Gasteiger partial charge >= 0.3 is 12.1 Å². The summed E-state index contributed by atoms with van der Waals surface area (Å²) < 4.78 is 17.4. The molecule has 2 unspecified atom stereocenters. The molecule has 3 N–H and O–H groups in total. The van der Waals surface area contributed by atoms with Crippen molar-refractivity contribution in [2.24, 2.45) is 0 Å².